The number of hydrogen-bond acceptors (Lipinski definition) is 5. The quantitative estimate of drug-likeness (QED) is 0.658. The summed E-state index contributed by atoms with van der Waals surface area (Å²) in [7, 11) is -3.29. The number of amides is 1. The number of nitrogens with zero attached hydrogens (tertiary/aromatic N) is 2. The molecule has 0 bridgehead atoms. The number of anilines is 1. The average molecular weight is 472 g/mol. The van der Waals surface area contributed by atoms with Gasteiger partial charge in [0.2, 0.25) is 15.9 Å². The number of rotatable bonds is 7. The van der Waals surface area contributed by atoms with Crippen molar-refractivity contribution in [1.82, 2.24) is 9.80 Å². The summed E-state index contributed by atoms with van der Waals surface area (Å²) in [4.78, 5) is 17.2. The number of hydrogen-bond donors (Lipinski definition) is 1. The van der Waals surface area contributed by atoms with Gasteiger partial charge in [-0.15, -0.1) is 0 Å². The predicted molar refractivity (Wildman–Crippen MR) is 130 cm³/mol. The van der Waals surface area contributed by atoms with Crippen molar-refractivity contribution in [3.63, 3.8) is 0 Å². The molecule has 1 saturated heterocycles. The first-order chi connectivity index (χ1) is 15.9. The van der Waals surface area contributed by atoms with Crippen molar-refractivity contribution in [3.8, 4) is 11.5 Å². The topological polar surface area (TPSA) is 79.0 Å². The predicted octanol–water partition coefficient (Wildman–Crippen LogP) is 4.07. The van der Waals surface area contributed by atoms with Gasteiger partial charge >= 0.3 is 0 Å². The van der Waals surface area contributed by atoms with Crippen LogP contribution in [0.1, 0.15) is 37.7 Å². The Morgan fingerprint density at radius 2 is 1.48 bits per heavy atom. The van der Waals surface area contributed by atoms with Gasteiger partial charge in [-0.25, -0.2) is 8.42 Å². The van der Waals surface area contributed by atoms with E-state index in [4.69, 9.17) is 4.74 Å². The highest BCUT2D eigenvalue weighted by molar-refractivity contribution is 7.92. The van der Waals surface area contributed by atoms with Crippen LogP contribution in [0.15, 0.2) is 48.5 Å². The van der Waals surface area contributed by atoms with E-state index in [1.165, 1.54) is 24.8 Å². The molecule has 4 rings (SSSR count). The lowest BCUT2D eigenvalue weighted by atomic mass is 9.88. The van der Waals surface area contributed by atoms with Crippen LogP contribution in [0.5, 0.6) is 11.5 Å². The van der Waals surface area contributed by atoms with Crippen molar-refractivity contribution in [3.05, 3.63) is 54.1 Å². The molecule has 1 N–H and O–H groups in total. The lowest BCUT2D eigenvalue weighted by Gasteiger charge is -2.37. The van der Waals surface area contributed by atoms with E-state index >= 15 is 0 Å². The van der Waals surface area contributed by atoms with Gasteiger partial charge in [0.25, 0.3) is 0 Å². The molecular weight excluding hydrogens is 438 g/mol. The first kappa shape index (κ1) is 23.6. The van der Waals surface area contributed by atoms with Crippen LogP contribution in [0.3, 0.4) is 0 Å². The molecule has 0 atom stereocenters. The summed E-state index contributed by atoms with van der Waals surface area (Å²) < 4.78 is 30.9. The standard InChI is InChI=1S/C25H33N3O4S/c1-33(30,31)26-22-9-13-24(14-10-22)32-23-11-7-20(8-12-23)19-27-15-17-28(18-16-27)25(29)21-5-3-2-4-6-21/h7-14,21,26H,2-6,15-19H2,1H3. The number of carbonyl (C=O) groups excluding carboxylic acids is 1. The van der Waals surface area contributed by atoms with E-state index in [-0.39, 0.29) is 5.92 Å². The summed E-state index contributed by atoms with van der Waals surface area (Å²) in [5.74, 6) is 1.99. The zero-order chi connectivity index (χ0) is 23.3. The minimum absolute atomic E-state index is 0.255. The van der Waals surface area contributed by atoms with Gasteiger partial charge in [0.05, 0.1) is 6.26 Å². The number of carbonyl (C=O) groups is 1. The van der Waals surface area contributed by atoms with Crippen LogP contribution in [0, 0.1) is 5.92 Å². The third-order valence-electron chi connectivity index (χ3n) is 6.36. The first-order valence-electron chi connectivity index (χ1n) is 11.7. The highest BCUT2D eigenvalue weighted by Gasteiger charge is 2.28. The van der Waals surface area contributed by atoms with Crippen LogP contribution in [0.25, 0.3) is 0 Å². The summed E-state index contributed by atoms with van der Waals surface area (Å²) in [6, 6.07) is 14.8. The largest absolute Gasteiger partial charge is 0.457 e. The Labute approximate surface area is 196 Å². The van der Waals surface area contributed by atoms with E-state index in [0.29, 0.717) is 17.3 Å². The Morgan fingerprint density at radius 3 is 2.06 bits per heavy atom. The van der Waals surface area contributed by atoms with Gasteiger partial charge in [-0.1, -0.05) is 31.4 Å². The molecule has 7 nitrogen and oxygen atoms in total. The van der Waals surface area contributed by atoms with Crippen molar-refractivity contribution >= 4 is 21.6 Å². The van der Waals surface area contributed by atoms with Gasteiger partial charge in [0.1, 0.15) is 11.5 Å². The third-order valence-corrected chi connectivity index (χ3v) is 6.97. The van der Waals surface area contributed by atoms with Crippen LogP contribution in [-0.4, -0.2) is 56.6 Å². The molecule has 0 aromatic heterocycles. The highest BCUT2D eigenvalue weighted by Crippen LogP contribution is 2.27. The van der Waals surface area contributed by atoms with Crippen LogP contribution < -0.4 is 9.46 Å². The van der Waals surface area contributed by atoms with Crippen LogP contribution in [0.4, 0.5) is 5.69 Å². The molecule has 2 fully saturated rings. The van der Waals surface area contributed by atoms with Crippen molar-refractivity contribution in [2.45, 2.75) is 38.6 Å². The second kappa shape index (κ2) is 10.6. The number of piperazine rings is 1. The fourth-order valence-electron chi connectivity index (χ4n) is 4.60. The maximum Gasteiger partial charge on any atom is 0.229 e. The molecule has 178 valence electrons. The van der Waals surface area contributed by atoms with Gasteiger partial charge < -0.3 is 9.64 Å². The molecule has 33 heavy (non-hydrogen) atoms. The Balaban J connectivity index is 1.24. The summed E-state index contributed by atoms with van der Waals surface area (Å²) in [6.45, 7) is 4.31. The van der Waals surface area contributed by atoms with Gasteiger partial charge in [0, 0.05) is 44.3 Å². The van der Waals surface area contributed by atoms with Gasteiger partial charge in [-0.2, -0.15) is 0 Å². The van der Waals surface area contributed by atoms with E-state index in [0.717, 1.165) is 57.6 Å². The molecule has 0 radical (unpaired) electrons. The number of ether oxygens (including phenoxy) is 1. The maximum atomic E-state index is 12.7. The minimum Gasteiger partial charge on any atom is -0.457 e. The molecule has 1 aliphatic carbocycles. The number of nitrogens with one attached hydrogen (secondary N) is 1. The highest BCUT2D eigenvalue weighted by atomic mass is 32.2. The Kier molecular flexibility index (Phi) is 7.55. The minimum atomic E-state index is -3.29. The van der Waals surface area contributed by atoms with E-state index in [2.05, 4.69) is 26.7 Å². The Hall–Kier alpha value is -2.58. The lowest BCUT2D eigenvalue weighted by Crippen LogP contribution is -2.50. The Bertz CT molecular complexity index is 1020. The van der Waals surface area contributed by atoms with Crippen molar-refractivity contribution in [2.24, 2.45) is 5.92 Å². The Morgan fingerprint density at radius 1 is 0.909 bits per heavy atom. The molecule has 2 aromatic carbocycles. The fourth-order valence-corrected chi connectivity index (χ4v) is 5.16. The molecule has 1 aliphatic heterocycles. The van der Waals surface area contributed by atoms with Crippen LogP contribution >= 0.6 is 0 Å². The normalized spacial score (nSPS) is 18.2. The molecule has 1 amide bonds. The maximum absolute atomic E-state index is 12.7. The average Bonchev–Trinajstić information content (AvgIpc) is 2.81. The smallest absolute Gasteiger partial charge is 0.229 e. The van der Waals surface area contributed by atoms with Gasteiger partial charge in [-0.3, -0.25) is 14.4 Å². The van der Waals surface area contributed by atoms with E-state index < -0.39 is 10.0 Å². The van der Waals surface area contributed by atoms with Crippen molar-refractivity contribution in [2.75, 3.05) is 37.2 Å². The summed E-state index contributed by atoms with van der Waals surface area (Å²) >= 11 is 0. The molecule has 8 heteroatoms. The summed E-state index contributed by atoms with van der Waals surface area (Å²) in [5.41, 5.74) is 1.71. The zero-order valence-electron chi connectivity index (χ0n) is 19.2. The number of sulfonamides is 1. The third kappa shape index (κ3) is 6.95. The molecule has 1 saturated carbocycles. The molecular formula is C25H33N3O4S. The van der Waals surface area contributed by atoms with Crippen molar-refractivity contribution < 1.29 is 17.9 Å². The number of benzene rings is 2. The first-order valence-corrected chi connectivity index (χ1v) is 13.6. The van der Waals surface area contributed by atoms with Crippen molar-refractivity contribution in [1.29, 1.82) is 0 Å². The van der Waals surface area contributed by atoms with E-state index in [1.54, 1.807) is 24.3 Å². The SMILES string of the molecule is CS(=O)(=O)Nc1ccc(Oc2ccc(CN3CCN(C(=O)C4CCCCC4)CC3)cc2)cc1. The summed E-state index contributed by atoms with van der Waals surface area (Å²) in [6.07, 6.45) is 6.92. The lowest BCUT2D eigenvalue weighted by molar-refractivity contribution is -0.138. The van der Waals surface area contributed by atoms with E-state index in [1.807, 2.05) is 12.1 Å². The zero-order valence-corrected chi connectivity index (χ0v) is 20.0. The fraction of sp³-hybridized carbons (Fsp3) is 0.480. The molecule has 2 aliphatic rings. The monoisotopic (exact) mass is 471 g/mol. The van der Waals surface area contributed by atoms with Crippen LogP contribution in [-0.2, 0) is 21.4 Å². The second-order valence-electron chi connectivity index (χ2n) is 9.08. The second-order valence-corrected chi connectivity index (χ2v) is 10.8. The molecule has 0 unspecified atom stereocenters. The van der Waals surface area contributed by atoms with Gasteiger partial charge in [-0.05, 0) is 54.8 Å². The van der Waals surface area contributed by atoms with E-state index in [9.17, 15) is 13.2 Å². The molecule has 1 heterocycles. The molecule has 0 spiro atoms. The summed E-state index contributed by atoms with van der Waals surface area (Å²) in [5, 5.41) is 0. The van der Waals surface area contributed by atoms with Gasteiger partial charge in [0.15, 0.2) is 0 Å². The van der Waals surface area contributed by atoms with Crippen LogP contribution in [0.2, 0.25) is 0 Å². The molecule has 2 aromatic rings.